The molecule has 16 nitrogen and oxygen atoms in total. The summed E-state index contributed by atoms with van der Waals surface area (Å²) in [4.78, 5) is 79.8. The first-order valence-electron chi connectivity index (χ1n) is 18.7. The number of ketones is 4. The number of nitrogen functional groups attached to an aromatic ring is 1. The van der Waals surface area contributed by atoms with Crippen LogP contribution in [0.5, 0.6) is 0 Å². The molecule has 4 atom stereocenters. The van der Waals surface area contributed by atoms with Crippen LogP contribution in [0.25, 0.3) is 0 Å². The van der Waals surface area contributed by atoms with Crippen molar-refractivity contribution in [1.29, 1.82) is 0 Å². The topological polar surface area (TPSA) is 270 Å². The zero-order valence-corrected chi connectivity index (χ0v) is 34.1. The third kappa shape index (κ3) is 9.20. The number of nitrogens with one attached hydrogen (secondary N) is 2. The van der Waals surface area contributed by atoms with Crippen molar-refractivity contribution in [3.8, 4) is 0 Å². The summed E-state index contributed by atoms with van der Waals surface area (Å²) in [5.41, 5.74) is 10.3. The van der Waals surface area contributed by atoms with Crippen molar-refractivity contribution < 1.29 is 50.2 Å². The number of fused-ring (bicyclic) bond motifs is 2. The van der Waals surface area contributed by atoms with Gasteiger partial charge in [0.15, 0.2) is 27.2 Å². The zero-order valence-electron chi connectivity index (χ0n) is 32.5. The second-order valence-corrected chi connectivity index (χ2v) is 18.6. The van der Waals surface area contributed by atoms with Crippen LogP contribution in [0.1, 0.15) is 85.2 Å². The summed E-state index contributed by atoms with van der Waals surface area (Å²) in [5.74, 6) is -5.17. The lowest BCUT2D eigenvalue weighted by molar-refractivity contribution is -0.142. The van der Waals surface area contributed by atoms with Gasteiger partial charge in [-0.2, -0.15) is 8.42 Å². The van der Waals surface area contributed by atoms with Crippen LogP contribution in [0.2, 0.25) is 0 Å². The van der Waals surface area contributed by atoms with Gasteiger partial charge in [-0.3, -0.25) is 33.3 Å². The molecule has 0 bridgehead atoms. The monoisotopic (exact) mass is 837 g/mol. The van der Waals surface area contributed by atoms with Gasteiger partial charge in [-0.25, -0.2) is 8.42 Å². The van der Waals surface area contributed by atoms with Gasteiger partial charge in [0.25, 0.3) is 10.1 Å². The number of amides is 2. The van der Waals surface area contributed by atoms with Gasteiger partial charge in [0.05, 0.1) is 45.2 Å². The first kappa shape index (κ1) is 43.8. The molecule has 0 aromatic heterocycles. The number of hydrogen-bond acceptors (Lipinski definition) is 13. The maximum atomic E-state index is 13.7. The van der Waals surface area contributed by atoms with Gasteiger partial charge in [-0.1, -0.05) is 51.1 Å². The van der Waals surface area contributed by atoms with Gasteiger partial charge in [0, 0.05) is 54.6 Å². The summed E-state index contributed by atoms with van der Waals surface area (Å²) >= 11 is 0. The van der Waals surface area contributed by atoms with E-state index >= 15 is 0 Å². The number of nitrogens with two attached hydrogens (primary N) is 2. The van der Waals surface area contributed by atoms with Crippen molar-refractivity contribution in [2.75, 3.05) is 29.9 Å². The number of anilines is 3. The zero-order chi connectivity index (χ0) is 42.9. The molecule has 1 fully saturated rings. The van der Waals surface area contributed by atoms with E-state index in [4.69, 9.17) is 11.5 Å². The number of carbonyl (C=O) groups is 6. The Bertz CT molecular complexity index is 2410. The smallest absolute Gasteiger partial charge is 0.296 e. The first-order chi connectivity index (χ1) is 27.1. The summed E-state index contributed by atoms with van der Waals surface area (Å²) in [6.07, 6.45) is 0.778. The van der Waals surface area contributed by atoms with Crippen LogP contribution in [0.4, 0.5) is 17.1 Å². The maximum Gasteiger partial charge on any atom is 0.296 e. The van der Waals surface area contributed by atoms with Crippen LogP contribution in [0.3, 0.4) is 0 Å². The Hall–Kier alpha value is -5.30. The Morgan fingerprint density at radius 1 is 0.897 bits per heavy atom. The minimum atomic E-state index is -4.99. The van der Waals surface area contributed by atoms with E-state index in [1.165, 1.54) is 47.4 Å². The summed E-state index contributed by atoms with van der Waals surface area (Å²) in [5, 5.41) is 5.45. The number of carbonyl (C=O) groups excluding carboxylic acids is 6. The van der Waals surface area contributed by atoms with Crippen LogP contribution < -0.4 is 22.1 Å². The Morgan fingerprint density at radius 3 is 2.14 bits per heavy atom. The SMILES string of the molecule is CC(N)C(=O)CC(C)C(=O)N1CCCC1C(=O)CC(C(=O)NCCS(=O)(=O)c1cccc(Nc2cc(S(=O)(=O)O)c(N)c3c2C(=O)c2ccccc2C3=O)c1)C(C)C. The molecule has 1 heterocycles. The van der Waals surface area contributed by atoms with Crippen molar-refractivity contribution in [2.45, 2.75) is 75.3 Å². The standard InChI is InChI=1S/C40H47N5O11S2/c1-21(2)28(19-32(47)30-13-8-15-45(30)40(51)22(3)17-31(46)23(4)41)39(50)43-14-16-57(52,53)25-10-7-9-24(18-25)44-29-20-33(58(54,55)56)36(42)35-34(29)37(48)26-11-5-6-12-27(26)38(35)49/h5-7,9-12,18,20-23,28,30,44H,8,13-17,19,41-42H2,1-4H3,(H,43,50)(H,54,55,56). The number of rotatable bonds is 16. The van der Waals surface area contributed by atoms with Crippen molar-refractivity contribution >= 4 is 72.0 Å². The van der Waals surface area contributed by atoms with Crippen molar-refractivity contribution in [3.05, 3.63) is 76.9 Å². The lowest BCUT2D eigenvalue weighted by Gasteiger charge is -2.28. The van der Waals surface area contributed by atoms with E-state index in [2.05, 4.69) is 10.6 Å². The predicted octanol–water partition coefficient (Wildman–Crippen LogP) is 3.09. The summed E-state index contributed by atoms with van der Waals surface area (Å²) in [7, 11) is -9.08. The summed E-state index contributed by atoms with van der Waals surface area (Å²) < 4.78 is 61.6. The highest BCUT2D eigenvalue weighted by Crippen LogP contribution is 2.40. The van der Waals surface area contributed by atoms with E-state index in [0.29, 0.717) is 19.4 Å². The molecule has 310 valence electrons. The maximum absolute atomic E-state index is 13.7. The highest BCUT2D eigenvalue weighted by molar-refractivity contribution is 7.91. The van der Waals surface area contributed by atoms with Crippen LogP contribution in [-0.4, -0.2) is 92.2 Å². The molecule has 0 saturated carbocycles. The number of sulfone groups is 1. The number of likely N-dealkylation sites (tertiary alicyclic amines) is 1. The van der Waals surface area contributed by atoms with Crippen LogP contribution in [-0.2, 0) is 39.1 Å². The molecule has 3 aromatic rings. The molecule has 1 saturated heterocycles. The molecular formula is C40H47N5O11S2. The highest BCUT2D eigenvalue weighted by atomic mass is 32.2. The summed E-state index contributed by atoms with van der Waals surface area (Å²) in [6, 6.07) is 10.6. The molecule has 3 aromatic carbocycles. The lowest BCUT2D eigenvalue weighted by atomic mass is 9.82. The Morgan fingerprint density at radius 2 is 1.53 bits per heavy atom. The Labute approximate surface area is 336 Å². The van der Waals surface area contributed by atoms with E-state index in [-0.39, 0.29) is 75.7 Å². The third-order valence-electron chi connectivity index (χ3n) is 10.5. The molecule has 2 amide bonds. The molecule has 1 aliphatic heterocycles. The fourth-order valence-electron chi connectivity index (χ4n) is 7.29. The van der Waals surface area contributed by atoms with Gasteiger partial charge in [-0.05, 0) is 49.9 Å². The molecule has 18 heteroatoms. The molecule has 7 N–H and O–H groups in total. The minimum Gasteiger partial charge on any atom is -0.397 e. The largest absolute Gasteiger partial charge is 0.397 e. The first-order valence-corrected chi connectivity index (χ1v) is 21.8. The van der Waals surface area contributed by atoms with Crippen LogP contribution >= 0.6 is 0 Å². The number of benzene rings is 3. The molecule has 0 radical (unpaired) electrons. The van der Waals surface area contributed by atoms with E-state index in [1.807, 2.05) is 0 Å². The van der Waals surface area contributed by atoms with E-state index in [9.17, 15) is 50.2 Å². The molecular weight excluding hydrogens is 791 g/mol. The molecule has 58 heavy (non-hydrogen) atoms. The molecule has 1 aliphatic carbocycles. The van der Waals surface area contributed by atoms with Gasteiger partial charge in [-0.15, -0.1) is 0 Å². The van der Waals surface area contributed by atoms with E-state index in [0.717, 1.165) is 6.07 Å². The second-order valence-electron chi connectivity index (χ2n) is 15.1. The van der Waals surface area contributed by atoms with Crippen LogP contribution in [0.15, 0.2) is 64.4 Å². The van der Waals surface area contributed by atoms with Gasteiger partial charge in [0.2, 0.25) is 11.8 Å². The Balaban J connectivity index is 1.28. The fraction of sp³-hybridized carbons (Fsp3) is 0.400. The average molecular weight is 838 g/mol. The number of nitrogens with zero attached hydrogens (tertiary/aromatic N) is 1. The predicted molar refractivity (Wildman–Crippen MR) is 214 cm³/mol. The lowest BCUT2D eigenvalue weighted by Crippen LogP contribution is -2.45. The highest BCUT2D eigenvalue weighted by Gasteiger charge is 2.39. The second kappa shape index (κ2) is 17.3. The molecule has 0 spiro atoms. The fourth-order valence-corrected chi connectivity index (χ4v) is 9.14. The molecule has 2 aliphatic rings. The third-order valence-corrected chi connectivity index (χ3v) is 13.1. The normalized spacial score (nSPS) is 16.9. The Kier molecular flexibility index (Phi) is 13.1. The van der Waals surface area contributed by atoms with Crippen molar-refractivity contribution in [2.24, 2.45) is 23.5 Å². The van der Waals surface area contributed by atoms with E-state index in [1.54, 1.807) is 33.8 Å². The number of Topliss-reactive ketones (excluding diaryl/α,β-unsaturated/α-hetero) is 2. The van der Waals surface area contributed by atoms with Gasteiger partial charge in [0.1, 0.15) is 10.7 Å². The molecule has 4 unspecified atom stereocenters. The van der Waals surface area contributed by atoms with Crippen LogP contribution in [0, 0.1) is 17.8 Å². The summed E-state index contributed by atoms with van der Waals surface area (Å²) in [6.45, 7) is 6.71. The van der Waals surface area contributed by atoms with Gasteiger partial charge < -0.3 is 27.0 Å². The minimum absolute atomic E-state index is 0.0117. The average Bonchev–Trinajstić information content (AvgIpc) is 3.66. The van der Waals surface area contributed by atoms with Crippen molar-refractivity contribution in [1.82, 2.24) is 10.2 Å². The molecule has 5 rings (SSSR count). The quantitative estimate of drug-likeness (QED) is 0.0802. The van der Waals surface area contributed by atoms with Crippen molar-refractivity contribution in [3.63, 3.8) is 0 Å². The van der Waals surface area contributed by atoms with E-state index < -0.39 is 83.2 Å². The van der Waals surface area contributed by atoms with Gasteiger partial charge >= 0.3 is 0 Å². The number of hydrogen-bond donors (Lipinski definition) is 5.